The van der Waals surface area contributed by atoms with Crippen LogP contribution in [-0.4, -0.2) is 55.5 Å². The maximum atomic E-state index is 13.5. The molecule has 21 heavy (non-hydrogen) atoms. The van der Waals surface area contributed by atoms with Crippen LogP contribution in [0.5, 0.6) is 0 Å². The van der Waals surface area contributed by atoms with E-state index in [0.29, 0.717) is 18.7 Å². The molecular formula is C15H23ClFN3O. The number of carbonyl (C=O) groups excluding carboxylic acids is 1. The predicted octanol–water partition coefficient (Wildman–Crippen LogP) is 1.42. The van der Waals surface area contributed by atoms with E-state index in [2.05, 4.69) is 5.32 Å². The average molecular weight is 316 g/mol. The van der Waals surface area contributed by atoms with Crippen LogP contribution in [0.2, 0.25) is 0 Å². The molecule has 118 valence electrons. The first kappa shape index (κ1) is 17.9. The summed E-state index contributed by atoms with van der Waals surface area (Å²) >= 11 is 0. The van der Waals surface area contributed by atoms with Crippen molar-refractivity contribution in [3.05, 3.63) is 35.1 Å². The molecule has 0 atom stereocenters. The van der Waals surface area contributed by atoms with Crippen molar-refractivity contribution in [2.24, 2.45) is 0 Å². The highest BCUT2D eigenvalue weighted by atomic mass is 35.5. The second-order valence-electron chi connectivity index (χ2n) is 5.39. The third-order valence-electron chi connectivity index (χ3n) is 3.56. The number of halogens is 2. The zero-order valence-electron chi connectivity index (χ0n) is 12.6. The smallest absolute Gasteiger partial charge is 0.236 e. The Balaban J connectivity index is 0.00000220. The van der Waals surface area contributed by atoms with E-state index in [-0.39, 0.29) is 24.1 Å². The van der Waals surface area contributed by atoms with Gasteiger partial charge in [0.15, 0.2) is 0 Å². The fraction of sp³-hybridized carbons (Fsp3) is 0.533. The summed E-state index contributed by atoms with van der Waals surface area (Å²) in [4.78, 5) is 15.9. The zero-order chi connectivity index (χ0) is 14.5. The normalized spacial score (nSPS) is 15.0. The Hall–Kier alpha value is -1.17. The summed E-state index contributed by atoms with van der Waals surface area (Å²) in [7, 11) is 1.89. The number of carbonyl (C=O) groups is 1. The van der Waals surface area contributed by atoms with E-state index < -0.39 is 0 Å². The summed E-state index contributed by atoms with van der Waals surface area (Å²) in [6.07, 6.45) is 0. The first-order valence-corrected chi connectivity index (χ1v) is 6.98. The molecule has 1 amide bonds. The molecule has 6 heteroatoms. The van der Waals surface area contributed by atoms with Crippen LogP contribution in [0.3, 0.4) is 0 Å². The maximum Gasteiger partial charge on any atom is 0.236 e. The van der Waals surface area contributed by atoms with Crippen molar-refractivity contribution in [1.29, 1.82) is 0 Å². The van der Waals surface area contributed by atoms with Crippen LogP contribution in [0.25, 0.3) is 0 Å². The van der Waals surface area contributed by atoms with Gasteiger partial charge in [-0.15, -0.1) is 12.4 Å². The van der Waals surface area contributed by atoms with E-state index in [1.165, 1.54) is 0 Å². The van der Waals surface area contributed by atoms with E-state index >= 15 is 0 Å². The summed E-state index contributed by atoms with van der Waals surface area (Å²) in [5.74, 6) is -0.0501. The number of rotatable bonds is 4. The van der Waals surface area contributed by atoms with Crippen LogP contribution in [0.4, 0.5) is 4.39 Å². The molecule has 1 aliphatic rings. The van der Waals surface area contributed by atoms with E-state index in [9.17, 15) is 9.18 Å². The van der Waals surface area contributed by atoms with Crippen LogP contribution in [0.1, 0.15) is 11.1 Å². The summed E-state index contributed by atoms with van der Waals surface area (Å²) in [6.45, 7) is 5.95. The molecule has 0 bridgehead atoms. The third-order valence-corrected chi connectivity index (χ3v) is 3.56. The van der Waals surface area contributed by atoms with Crippen LogP contribution >= 0.6 is 12.4 Å². The van der Waals surface area contributed by atoms with Gasteiger partial charge in [-0.25, -0.2) is 4.39 Å². The number of piperazine rings is 1. The number of nitrogens with one attached hydrogen (secondary N) is 1. The highest BCUT2D eigenvalue weighted by Crippen LogP contribution is 2.11. The fourth-order valence-corrected chi connectivity index (χ4v) is 2.35. The van der Waals surface area contributed by atoms with Gasteiger partial charge in [-0.2, -0.15) is 0 Å². The minimum Gasteiger partial charge on any atom is -0.339 e. The van der Waals surface area contributed by atoms with E-state index in [0.717, 1.165) is 31.7 Å². The van der Waals surface area contributed by atoms with E-state index in [1.807, 2.05) is 22.9 Å². The Bertz CT molecular complexity index is 478. The lowest BCUT2D eigenvalue weighted by Crippen LogP contribution is -2.49. The lowest BCUT2D eigenvalue weighted by molar-refractivity contribution is -0.132. The molecule has 1 heterocycles. The van der Waals surface area contributed by atoms with Gasteiger partial charge in [0.2, 0.25) is 5.91 Å². The number of hydrogen-bond acceptors (Lipinski definition) is 3. The monoisotopic (exact) mass is 315 g/mol. The first-order chi connectivity index (χ1) is 9.56. The molecule has 0 aliphatic carbocycles. The summed E-state index contributed by atoms with van der Waals surface area (Å²) < 4.78 is 13.5. The van der Waals surface area contributed by atoms with Gasteiger partial charge >= 0.3 is 0 Å². The Kier molecular flexibility index (Phi) is 7.08. The van der Waals surface area contributed by atoms with Gasteiger partial charge in [-0.1, -0.05) is 12.1 Å². The number of benzene rings is 1. The van der Waals surface area contributed by atoms with E-state index in [1.54, 1.807) is 19.1 Å². The van der Waals surface area contributed by atoms with Crippen molar-refractivity contribution in [3.8, 4) is 0 Å². The summed E-state index contributed by atoms with van der Waals surface area (Å²) in [5.41, 5.74) is 1.54. The molecule has 1 aliphatic heterocycles. The standard InChI is InChI=1S/C15H22FN3O.ClH/c1-12-3-4-13(9-14(12)16)10-18(2)11-15(20)19-7-5-17-6-8-19;/h3-4,9,17H,5-8,10-11H2,1-2H3;1H. The van der Waals surface area contributed by atoms with Gasteiger partial charge in [0, 0.05) is 32.7 Å². The van der Waals surface area contributed by atoms with Crippen LogP contribution < -0.4 is 5.32 Å². The van der Waals surface area contributed by atoms with Crippen molar-refractivity contribution >= 4 is 18.3 Å². The number of aryl methyl sites for hydroxylation is 1. The molecule has 4 nitrogen and oxygen atoms in total. The van der Waals surface area contributed by atoms with Gasteiger partial charge in [0.05, 0.1) is 6.54 Å². The van der Waals surface area contributed by atoms with Gasteiger partial charge in [0.1, 0.15) is 5.82 Å². The van der Waals surface area contributed by atoms with Crippen molar-refractivity contribution in [2.75, 3.05) is 39.8 Å². The van der Waals surface area contributed by atoms with Crippen molar-refractivity contribution in [1.82, 2.24) is 15.1 Å². The van der Waals surface area contributed by atoms with Gasteiger partial charge in [0.25, 0.3) is 0 Å². The summed E-state index contributed by atoms with van der Waals surface area (Å²) in [5, 5.41) is 3.23. The van der Waals surface area contributed by atoms with Crippen molar-refractivity contribution < 1.29 is 9.18 Å². The Morgan fingerprint density at radius 1 is 1.38 bits per heavy atom. The molecule has 1 aromatic carbocycles. The molecule has 0 radical (unpaired) electrons. The summed E-state index contributed by atoms with van der Waals surface area (Å²) in [6, 6.07) is 5.22. The average Bonchev–Trinajstić information content (AvgIpc) is 2.44. The molecular weight excluding hydrogens is 293 g/mol. The predicted molar refractivity (Wildman–Crippen MR) is 84.2 cm³/mol. The number of nitrogens with zero attached hydrogens (tertiary/aromatic N) is 2. The largest absolute Gasteiger partial charge is 0.339 e. The highest BCUT2D eigenvalue weighted by Gasteiger charge is 2.17. The van der Waals surface area contributed by atoms with Gasteiger partial charge in [-0.3, -0.25) is 9.69 Å². The van der Waals surface area contributed by atoms with Crippen LogP contribution in [0.15, 0.2) is 18.2 Å². The molecule has 1 fully saturated rings. The van der Waals surface area contributed by atoms with Gasteiger partial charge in [-0.05, 0) is 31.2 Å². The zero-order valence-corrected chi connectivity index (χ0v) is 13.4. The quantitative estimate of drug-likeness (QED) is 0.913. The third kappa shape index (κ3) is 5.26. The minimum atomic E-state index is -0.190. The molecule has 1 aromatic rings. The maximum absolute atomic E-state index is 13.5. The molecule has 2 rings (SSSR count). The topological polar surface area (TPSA) is 35.6 Å². The van der Waals surface area contributed by atoms with Crippen molar-refractivity contribution in [2.45, 2.75) is 13.5 Å². The molecule has 1 N–H and O–H groups in total. The number of hydrogen-bond donors (Lipinski definition) is 1. The van der Waals surface area contributed by atoms with Gasteiger partial charge < -0.3 is 10.2 Å². The van der Waals surface area contributed by atoms with E-state index in [4.69, 9.17) is 0 Å². The molecule has 0 unspecified atom stereocenters. The Morgan fingerprint density at radius 3 is 2.67 bits per heavy atom. The van der Waals surface area contributed by atoms with Crippen molar-refractivity contribution in [3.63, 3.8) is 0 Å². The van der Waals surface area contributed by atoms with Crippen LogP contribution in [-0.2, 0) is 11.3 Å². The Labute approximate surface area is 131 Å². The fourth-order valence-electron chi connectivity index (χ4n) is 2.35. The highest BCUT2D eigenvalue weighted by molar-refractivity contribution is 5.85. The van der Waals surface area contributed by atoms with Crippen LogP contribution in [0, 0.1) is 12.7 Å². The SMILES string of the molecule is Cc1ccc(CN(C)CC(=O)N2CCNCC2)cc1F.Cl. The number of amides is 1. The molecule has 0 spiro atoms. The lowest BCUT2D eigenvalue weighted by Gasteiger charge is -2.29. The molecule has 1 saturated heterocycles. The lowest BCUT2D eigenvalue weighted by atomic mass is 10.1. The second kappa shape index (κ2) is 8.32. The Morgan fingerprint density at radius 2 is 2.05 bits per heavy atom. The molecule has 0 saturated carbocycles. The molecule has 0 aromatic heterocycles. The minimum absolute atomic E-state index is 0. The number of likely N-dealkylation sites (N-methyl/N-ethyl adjacent to an activating group) is 1. The first-order valence-electron chi connectivity index (χ1n) is 6.98. The second-order valence-corrected chi connectivity index (χ2v) is 5.39.